The van der Waals surface area contributed by atoms with Crippen LogP contribution in [0.2, 0.25) is 0 Å². The molecule has 1 saturated heterocycles. The van der Waals surface area contributed by atoms with Gasteiger partial charge in [-0.25, -0.2) is 4.98 Å². The number of carbonyl (C=O) groups excluding carboxylic acids is 2. The highest BCUT2D eigenvalue weighted by Crippen LogP contribution is 2.45. The summed E-state index contributed by atoms with van der Waals surface area (Å²) >= 11 is 0. The first kappa shape index (κ1) is 52.7. The second-order valence-corrected chi connectivity index (χ2v) is 15.5. The monoisotopic (exact) mass is 968 g/mol. The van der Waals surface area contributed by atoms with Gasteiger partial charge < -0.3 is 52.4 Å². The van der Waals surface area contributed by atoms with E-state index >= 15 is 0 Å². The molecule has 1 fully saturated rings. The number of piperazine rings is 1. The lowest BCUT2D eigenvalue weighted by atomic mass is 10.0. The molecule has 19 nitrogen and oxygen atoms in total. The highest BCUT2D eigenvalue weighted by atomic mass is 19.4. The first-order chi connectivity index (χ1) is 33.7. The molecule has 0 bridgehead atoms. The van der Waals surface area contributed by atoms with Gasteiger partial charge in [-0.05, 0) is 47.5 Å². The summed E-state index contributed by atoms with van der Waals surface area (Å²) in [5.41, 5.74) is 10.7. The fourth-order valence-corrected chi connectivity index (χ4v) is 7.58. The summed E-state index contributed by atoms with van der Waals surface area (Å²) in [6, 6.07) is 13.1. The molecule has 0 saturated carbocycles. The van der Waals surface area contributed by atoms with Crippen LogP contribution in [0.25, 0.3) is 32.5 Å². The minimum absolute atomic E-state index is 0.00260. The van der Waals surface area contributed by atoms with E-state index in [1.165, 1.54) is 18.1 Å². The zero-order chi connectivity index (χ0) is 48.7. The fourth-order valence-electron chi connectivity index (χ4n) is 7.58. The van der Waals surface area contributed by atoms with Crippen LogP contribution in [0.3, 0.4) is 0 Å². The summed E-state index contributed by atoms with van der Waals surface area (Å²) in [5.74, 6) is -0.0469. The zero-order valence-corrected chi connectivity index (χ0v) is 38.7. The number of hydrogen-bond acceptors (Lipinski definition) is 15. The van der Waals surface area contributed by atoms with E-state index < -0.39 is 11.7 Å². The van der Waals surface area contributed by atoms with Crippen molar-refractivity contribution < 1.29 is 65.4 Å². The first-order valence-electron chi connectivity index (χ1n) is 22.8. The molecule has 0 aliphatic carbocycles. The Hall–Kier alpha value is -5.68. The minimum atomic E-state index is -4.72. The number of carbonyl (C=O) groups is 2. The summed E-state index contributed by atoms with van der Waals surface area (Å²) < 4.78 is 93.2. The van der Waals surface area contributed by atoms with Crippen LogP contribution in [-0.2, 0) is 60.1 Å². The van der Waals surface area contributed by atoms with E-state index in [9.17, 15) is 22.8 Å². The molecule has 2 aliphatic heterocycles. The van der Waals surface area contributed by atoms with Crippen LogP contribution in [0.15, 0.2) is 66.0 Å². The van der Waals surface area contributed by atoms with Crippen LogP contribution in [0, 0.1) is 0 Å². The van der Waals surface area contributed by atoms with E-state index in [4.69, 9.17) is 48.2 Å². The highest BCUT2D eigenvalue weighted by Gasteiger charge is 2.38. The number of methoxy groups -OCH3 is 1. The third-order valence-corrected chi connectivity index (χ3v) is 11.0. The second-order valence-electron chi connectivity index (χ2n) is 15.5. The molecule has 0 N–H and O–H groups in total. The average molecular weight is 969 g/mol. The van der Waals surface area contributed by atoms with Crippen molar-refractivity contribution in [1.82, 2.24) is 14.9 Å². The lowest BCUT2D eigenvalue weighted by molar-refractivity contribution is -0.137. The van der Waals surface area contributed by atoms with Gasteiger partial charge in [-0.15, -0.1) is 0 Å². The smallest absolute Gasteiger partial charge is 0.418 e. The number of halogens is 3. The van der Waals surface area contributed by atoms with Crippen molar-refractivity contribution in [3.8, 4) is 17.0 Å². The number of alkyl halides is 3. The molecule has 2 amide bonds. The van der Waals surface area contributed by atoms with Gasteiger partial charge in [0.05, 0.1) is 142 Å². The largest absolute Gasteiger partial charge is 0.481 e. The van der Waals surface area contributed by atoms with Gasteiger partial charge in [0, 0.05) is 84.0 Å². The standard InChI is InChI=1S/C47H59F3N8O11/c1-61-43-7-3-36(33-53-43)35-2-5-41-39(30-35)46-37(34-52-41)31-45(60)58(46)38-4-6-42(40(32-38)47(48,49)50)56-10-12-57(13-11-56)44(59)8-14-62-16-18-64-20-22-66-24-26-68-28-29-69-27-25-67-23-21-65-19-17-63-15-9-54-55-51/h2-7,30,32-34H,8-29,31H2,1H3. The number of rotatable bonds is 31. The van der Waals surface area contributed by atoms with Crippen molar-refractivity contribution in [2.24, 2.45) is 5.11 Å². The quantitative estimate of drug-likeness (QED) is 0.0245. The van der Waals surface area contributed by atoms with Crippen LogP contribution >= 0.6 is 0 Å². The Labute approximate surface area is 398 Å². The van der Waals surface area contributed by atoms with E-state index in [2.05, 4.69) is 20.0 Å². The van der Waals surface area contributed by atoms with Crippen molar-refractivity contribution in [2.45, 2.75) is 19.0 Å². The number of fused-ring (bicyclic) bond motifs is 3. The number of ether oxygens (including phenoxy) is 9. The number of pyridine rings is 2. The average Bonchev–Trinajstić information content (AvgIpc) is 3.71. The minimum Gasteiger partial charge on any atom is -0.481 e. The van der Waals surface area contributed by atoms with E-state index in [0.29, 0.717) is 134 Å². The number of benzene rings is 2. The summed E-state index contributed by atoms with van der Waals surface area (Å²) in [6.45, 7) is 7.49. The predicted octanol–water partition coefficient (Wildman–Crippen LogP) is 6.03. The molecule has 0 atom stereocenters. The zero-order valence-electron chi connectivity index (χ0n) is 38.7. The van der Waals surface area contributed by atoms with E-state index in [-0.39, 0.29) is 68.8 Å². The third-order valence-electron chi connectivity index (χ3n) is 11.0. The van der Waals surface area contributed by atoms with Crippen molar-refractivity contribution >= 4 is 39.8 Å². The number of aromatic nitrogens is 2. The Balaban J connectivity index is 0.826. The number of hydrogen-bond donors (Lipinski definition) is 0. The van der Waals surface area contributed by atoms with Crippen molar-refractivity contribution in [1.29, 1.82) is 0 Å². The Morgan fingerprint density at radius 3 is 1.80 bits per heavy atom. The number of anilines is 3. The number of azide groups is 1. The molecule has 4 aromatic rings. The summed E-state index contributed by atoms with van der Waals surface area (Å²) in [7, 11) is 1.53. The molecule has 2 aromatic heterocycles. The van der Waals surface area contributed by atoms with Gasteiger partial charge in [-0.3, -0.25) is 19.5 Å². The van der Waals surface area contributed by atoms with Gasteiger partial charge in [0.15, 0.2) is 0 Å². The van der Waals surface area contributed by atoms with Crippen LogP contribution in [0.1, 0.15) is 17.5 Å². The number of amides is 2. The predicted molar refractivity (Wildman–Crippen MR) is 248 cm³/mol. The molecule has 2 aliphatic rings. The Bertz CT molecular complexity index is 2280. The molecule has 0 radical (unpaired) electrons. The molecule has 2 aromatic carbocycles. The van der Waals surface area contributed by atoms with Crippen LogP contribution in [0.4, 0.5) is 30.2 Å². The van der Waals surface area contributed by atoms with Gasteiger partial charge >= 0.3 is 6.18 Å². The molecule has 374 valence electrons. The maximum absolute atomic E-state index is 14.8. The van der Waals surface area contributed by atoms with Crippen molar-refractivity contribution in [2.75, 3.05) is 155 Å². The summed E-state index contributed by atoms with van der Waals surface area (Å²) in [5, 5.41) is 4.00. The van der Waals surface area contributed by atoms with E-state index in [1.54, 1.807) is 34.3 Å². The molecular formula is C47H59F3N8O11. The molecule has 0 unspecified atom stereocenters. The molecule has 0 spiro atoms. The van der Waals surface area contributed by atoms with Crippen molar-refractivity contribution in [3.05, 3.63) is 82.5 Å². The Kier molecular flexibility index (Phi) is 21.5. The van der Waals surface area contributed by atoms with E-state index in [0.717, 1.165) is 17.2 Å². The lowest BCUT2D eigenvalue weighted by Gasteiger charge is -2.37. The Morgan fingerprint density at radius 1 is 0.696 bits per heavy atom. The maximum Gasteiger partial charge on any atom is 0.418 e. The molecule has 6 rings (SSSR count). The fraction of sp³-hybridized carbons (Fsp3) is 0.532. The maximum atomic E-state index is 14.8. The van der Waals surface area contributed by atoms with Crippen LogP contribution < -0.4 is 14.5 Å². The molecule has 4 heterocycles. The Morgan fingerprint density at radius 2 is 1.26 bits per heavy atom. The SMILES string of the molecule is COc1ccc(-c2ccc3ncc4c(c3c2)N(c2ccc(N3CCN(C(=O)CCOCCOCCOCCOCCOCCOCCOCCOCCN=[N+]=[N-])CC3)c(C(F)(F)F)c2)C(=O)C4)cn1. The van der Waals surface area contributed by atoms with Gasteiger partial charge in [-0.2, -0.15) is 13.2 Å². The van der Waals surface area contributed by atoms with Gasteiger partial charge in [0.1, 0.15) is 0 Å². The van der Waals surface area contributed by atoms with Crippen molar-refractivity contribution in [3.63, 3.8) is 0 Å². The summed E-state index contributed by atoms with van der Waals surface area (Å²) in [4.78, 5) is 42.6. The van der Waals surface area contributed by atoms with Gasteiger partial charge in [0.25, 0.3) is 0 Å². The second kappa shape index (κ2) is 28.1. The number of nitrogens with zero attached hydrogens (tertiary/aromatic N) is 8. The topological polar surface area (TPSA) is 201 Å². The summed E-state index contributed by atoms with van der Waals surface area (Å²) in [6.07, 6.45) is -1.32. The van der Waals surface area contributed by atoms with E-state index in [1.807, 2.05) is 24.3 Å². The van der Waals surface area contributed by atoms with Gasteiger partial charge in [0.2, 0.25) is 17.7 Å². The molecule has 22 heteroatoms. The molecule has 69 heavy (non-hydrogen) atoms. The van der Waals surface area contributed by atoms with Crippen LogP contribution in [0.5, 0.6) is 5.88 Å². The van der Waals surface area contributed by atoms with Gasteiger partial charge in [-0.1, -0.05) is 11.2 Å². The normalized spacial score (nSPS) is 13.9. The molecular weight excluding hydrogens is 910 g/mol. The third kappa shape index (κ3) is 16.2. The first-order valence-corrected chi connectivity index (χ1v) is 22.8. The van der Waals surface area contributed by atoms with Crippen LogP contribution in [-0.4, -0.2) is 172 Å². The highest BCUT2D eigenvalue weighted by molar-refractivity contribution is 6.14. The lowest BCUT2D eigenvalue weighted by Crippen LogP contribution is -2.49.